The predicted octanol–water partition coefficient (Wildman–Crippen LogP) is 6.00. The van der Waals surface area contributed by atoms with Gasteiger partial charge in [0.05, 0.1) is 25.3 Å². The van der Waals surface area contributed by atoms with Crippen LogP contribution in [0.25, 0.3) is 0 Å². The zero-order chi connectivity index (χ0) is 32.1. The zero-order valence-corrected chi connectivity index (χ0v) is 25.6. The van der Waals surface area contributed by atoms with Crippen molar-refractivity contribution in [2.24, 2.45) is 5.92 Å². The molecule has 0 bridgehead atoms. The molecule has 2 unspecified atom stereocenters. The van der Waals surface area contributed by atoms with Gasteiger partial charge in [0.1, 0.15) is 18.1 Å². The van der Waals surface area contributed by atoms with Crippen LogP contribution in [-0.2, 0) is 57.3 Å². The Balaban J connectivity index is 1.75. The van der Waals surface area contributed by atoms with E-state index in [1.54, 1.807) is 48.5 Å². The van der Waals surface area contributed by atoms with Gasteiger partial charge in [-0.05, 0) is 54.3 Å². The maximum absolute atomic E-state index is 14.1. The molecule has 3 rings (SSSR count). The van der Waals surface area contributed by atoms with Gasteiger partial charge in [-0.25, -0.2) is 0 Å². The van der Waals surface area contributed by atoms with E-state index in [2.05, 4.69) is 0 Å². The van der Waals surface area contributed by atoms with Gasteiger partial charge in [-0.3, -0.25) is 23.7 Å². The zero-order valence-electron chi connectivity index (χ0n) is 24.7. The lowest BCUT2D eigenvalue weighted by molar-refractivity contribution is -0.150. The number of hydrogen-bond donors (Lipinski definition) is 1. The molecular formula is C32H35O11P. The Morgan fingerprint density at radius 2 is 1.14 bits per heavy atom. The summed E-state index contributed by atoms with van der Waals surface area (Å²) in [6, 6.07) is 20.1. The quantitative estimate of drug-likeness (QED) is 0.113. The van der Waals surface area contributed by atoms with Crippen LogP contribution >= 0.6 is 7.60 Å². The third-order valence-electron chi connectivity index (χ3n) is 6.21. The molecule has 0 heterocycles. The number of aryl methyl sites for hydroxylation is 1. The Kier molecular flexibility index (Phi) is 12.8. The van der Waals surface area contributed by atoms with Gasteiger partial charge in [-0.1, -0.05) is 54.1 Å². The van der Waals surface area contributed by atoms with Gasteiger partial charge < -0.3 is 28.4 Å². The van der Waals surface area contributed by atoms with E-state index in [1.165, 1.54) is 13.8 Å². The number of rotatable bonds is 16. The smallest absolute Gasteiger partial charge is 0.332 e. The number of ether oxygens (including phenoxy) is 3. The average molecular weight is 627 g/mol. The number of carbonyl (C=O) groups excluding carboxylic acids is 3. The molecule has 234 valence electrons. The monoisotopic (exact) mass is 626 g/mol. The highest BCUT2D eigenvalue weighted by Gasteiger charge is 2.34. The van der Waals surface area contributed by atoms with Gasteiger partial charge in [-0.15, -0.1) is 0 Å². The topological polar surface area (TPSA) is 152 Å². The van der Waals surface area contributed by atoms with Crippen LogP contribution in [0, 0.1) is 12.8 Å². The van der Waals surface area contributed by atoms with Crippen molar-refractivity contribution < 1.29 is 52.1 Å². The van der Waals surface area contributed by atoms with E-state index in [-0.39, 0.29) is 32.7 Å². The summed E-state index contributed by atoms with van der Waals surface area (Å²) in [4.78, 5) is 46.9. The summed E-state index contributed by atoms with van der Waals surface area (Å²) in [7, 11) is -4.01. The fraction of sp³-hybridized carbons (Fsp3) is 0.312. The van der Waals surface area contributed by atoms with E-state index in [0.717, 1.165) is 11.1 Å². The average Bonchev–Trinajstić information content (AvgIpc) is 2.97. The van der Waals surface area contributed by atoms with E-state index < -0.39 is 43.6 Å². The SMILES string of the molecule is CC(=O)Oc1ccc(COC(=O)C(CCC(=O)O)CP(=O)(OCc2ccc(C)cc2)OCc2ccc(OC(C)=O)cc2)cc1. The fourth-order valence-electron chi connectivity index (χ4n) is 3.94. The summed E-state index contributed by atoms with van der Waals surface area (Å²) in [6.07, 6.45) is -0.938. The lowest BCUT2D eigenvalue weighted by Gasteiger charge is -2.23. The van der Waals surface area contributed by atoms with Crippen LogP contribution in [0.5, 0.6) is 11.5 Å². The first kappa shape index (κ1) is 34.2. The molecule has 3 aromatic rings. The summed E-state index contributed by atoms with van der Waals surface area (Å²) >= 11 is 0. The van der Waals surface area contributed by atoms with Crippen molar-refractivity contribution in [3.8, 4) is 11.5 Å². The van der Waals surface area contributed by atoms with Crippen molar-refractivity contribution in [3.05, 3.63) is 95.1 Å². The number of hydrogen-bond acceptors (Lipinski definition) is 10. The van der Waals surface area contributed by atoms with E-state index in [4.69, 9.17) is 23.3 Å². The van der Waals surface area contributed by atoms with E-state index in [9.17, 15) is 28.8 Å². The number of carboxylic acid groups (broad SMARTS) is 1. The minimum atomic E-state index is -4.01. The summed E-state index contributed by atoms with van der Waals surface area (Å²) in [5, 5.41) is 9.29. The van der Waals surface area contributed by atoms with Crippen LogP contribution in [0.1, 0.15) is 48.9 Å². The first-order chi connectivity index (χ1) is 20.9. The molecule has 3 aromatic carbocycles. The maximum Gasteiger partial charge on any atom is 0.332 e. The van der Waals surface area contributed by atoms with E-state index >= 15 is 0 Å². The van der Waals surface area contributed by atoms with Crippen molar-refractivity contribution in [2.45, 2.75) is 53.4 Å². The predicted molar refractivity (Wildman–Crippen MR) is 159 cm³/mol. The Hall–Kier alpha value is -4.31. The minimum Gasteiger partial charge on any atom is -0.481 e. The van der Waals surface area contributed by atoms with Crippen LogP contribution in [0.2, 0.25) is 0 Å². The number of carbonyl (C=O) groups is 4. The molecule has 0 aliphatic carbocycles. The van der Waals surface area contributed by atoms with Gasteiger partial charge >= 0.3 is 31.5 Å². The van der Waals surface area contributed by atoms with Crippen molar-refractivity contribution >= 4 is 31.5 Å². The Morgan fingerprint density at radius 3 is 1.57 bits per heavy atom. The molecular weight excluding hydrogens is 591 g/mol. The number of esters is 3. The number of benzene rings is 3. The summed E-state index contributed by atoms with van der Waals surface area (Å²) in [6.45, 7) is 4.12. The molecule has 0 saturated carbocycles. The molecule has 0 radical (unpaired) electrons. The van der Waals surface area contributed by atoms with Gasteiger partial charge in [0.15, 0.2) is 0 Å². The molecule has 0 aliphatic rings. The molecule has 0 amide bonds. The summed E-state index contributed by atoms with van der Waals surface area (Å²) in [5.41, 5.74) is 2.95. The van der Waals surface area contributed by atoms with Gasteiger partial charge in [0, 0.05) is 20.3 Å². The molecule has 0 aromatic heterocycles. The van der Waals surface area contributed by atoms with Crippen LogP contribution < -0.4 is 9.47 Å². The third-order valence-corrected chi connectivity index (χ3v) is 8.14. The molecule has 11 nitrogen and oxygen atoms in total. The van der Waals surface area contributed by atoms with Crippen LogP contribution in [0.15, 0.2) is 72.8 Å². The fourth-order valence-corrected chi connectivity index (χ4v) is 5.78. The Bertz CT molecular complexity index is 1470. The van der Waals surface area contributed by atoms with Crippen LogP contribution in [-0.4, -0.2) is 35.1 Å². The first-order valence-electron chi connectivity index (χ1n) is 13.8. The third kappa shape index (κ3) is 12.1. The highest BCUT2D eigenvalue weighted by Crippen LogP contribution is 2.52. The minimum absolute atomic E-state index is 0.0711. The van der Waals surface area contributed by atoms with Gasteiger partial charge in [0.25, 0.3) is 0 Å². The number of aliphatic carboxylic acids is 1. The lowest BCUT2D eigenvalue weighted by Crippen LogP contribution is -2.23. The molecule has 0 aliphatic heterocycles. The molecule has 0 fully saturated rings. The highest BCUT2D eigenvalue weighted by molar-refractivity contribution is 7.53. The van der Waals surface area contributed by atoms with Crippen molar-refractivity contribution in [3.63, 3.8) is 0 Å². The van der Waals surface area contributed by atoms with Crippen molar-refractivity contribution in [1.82, 2.24) is 0 Å². The molecule has 2 atom stereocenters. The Morgan fingerprint density at radius 1 is 0.705 bits per heavy atom. The first-order valence-corrected chi connectivity index (χ1v) is 15.5. The van der Waals surface area contributed by atoms with Crippen LogP contribution in [0.4, 0.5) is 0 Å². The molecule has 0 saturated heterocycles. The normalized spacial score (nSPS) is 12.9. The second-order valence-corrected chi connectivity index (χ2v) is 12.1. The summed E-state index contributed by atoms with van der Waals surface area (Å²) < 4.78 is 41.2. The van der Waals surface area contributed by atoms with Gasteiger partial charge in [-0.2, -0.15) is 0 Å². The number of carboxylic acids is 1. The Labute approximate surface area is 255 Å². The lowest BCUT2D eigenvalue weighted by atomic mass is 10.1. The largest absolute Gasteiger partial charge is 0.481 e. The van der Waals surface area contributed by atoms with E-state index in [0.29, 0.717) is 22.6 Å². The maximum atomic E-state index is 14.1. The molecule has 12 heteroatoms. The van der Waals surface area contributed by atoms with Crippen molar-refractivity contribution in [2.75, 3.05) is 6.16 Å². The van der Waals surface area contributed by atoms with Crippen molar-refractivity contribution in [1.29, 1.82) is 0 Å². The molecule has 1 N–H and O–H groups in total. The molecule has 0 spiro atoms. The van der Waals surface area contributed by atoms with Gasteiger partial charge in [0.2, 0.25) is 0 Å². The highest BCUT2D eigenvalue weighted by atomic mass is 31.2. The van der Waals surface area contributed by atoms with E-state index in [1.807, 2.05) is 31.2 Å². The second kappa shape index (κ2) is 16.5. The summed E-state index contributed by atoms with van der Waals surface area (Å²) in [5.74, 6) is -3.28. The molecule has 44 heavy (non-hydrogen) atoms. The van der Waals surface area contributed by atoms with Crippen LogP contribution in [0.3, 0.4) is 0 Å². The standard InChI is InChI=1S/C32H35O11P/c1-22-4-6-26(7-5-22)19-40-44(38,41-20-27-10-15-30(16-11-27)43-24(3)34)21-28(12-17-31(35)36)32(37)39-18-25-8-13-29(14-9-25)42-23(2)33/h4-11,13-16,28H,12,17-21H2,1-3H3,(H,35,36). The second-order valence-electron chi connectivity index (χ2n) is 10.0.